The Morgan fingerprint density at radius 2 is 1.84 bits per heavy atom. The Morgan fingerprint density at radius 3 is 2.53 bits per heavy atom. The maximum absolute atomic E-state index is 11.2. The third kappa shape index (κ3) is 2.22. The van der Waals surface area contributed by atoms with Gasteiger partial charge in [0, 0.05) is 5.69 Å². The molecule has 2 aliphatic carbocycles. The van der Waals surface area contributed by atoms with Crippen LogP contribution in [0.1, 0.15) is 67.1 Å². The van der Waals surface area contributed by atoms with Crippen LogP contribution in [0.25, 0.3) is 0 Å². The minimum Gasteiger partial charge on any atom is -0.481 e. The Balaban J connectivity index is 1.94. The summed E-state index contributed by atoms with van der Waals surface area (Å²) in [5.74, 6) is -0.482. The van der Waals surface area contributed by atoms with Gasteiger partial charge in [-0.05, 0) is 54.4 Å². The Morgan fingerprint density at radius 1 is 1.11 bits per heavy atom. The molecule has 0 amide bonds. The molecule has 0 aromatic heterocycles. The van der Waals surface area contributed by atoms with E-state index < -0.39 is 5.97 Å². The maximum atomic E-state index is 11.2. The van der Waals surface area contributed by atoms with Crippen LogP contribution in [0.5, 0.6) is 0 Å². The van der Waals surface area contributed by atoms with Crippen molar-refractivity contribution < 1.29 is 9.90 Å². The standard InChI is InChI=1S/C16H21NO2/c17-15-9-13-11(6-7-12(13)16(18)19)8-14(15)10-4-2-1-3-5-10/h8-10,12H,1-7,17H2,(H,18,19)/t12-/m1/s1. The first-order valence-electron chi connectivity index (χ1n) is 7.32. The Hall–Kier alpha value is -1.51. The largest absolute Gasteiger partial charge is 0.481 e. The fourth-order valence-corrected chi connectivity index (χ4v) is 3.72. The molecule has 0 spiro atoms. The molecule has 3 nitrogen and oxygen atoms in total. The molecule has 2 aliphatic rings. The van der Waals surface area contributed by atoms with E-state index in [0.29, 0.717) is 5.92 Å². The normalized spacial score (nSPS) is 23.3. The monoisotopic (exact) mass is 259 g/mol. The second kappa shape index (κ2) is 4.87. The number of rotatable bonds is 2. The number of carboxylic acid groups (broad SMARTS) is 1. The van der Waals surface area contributed by atoms with E-state index in [1.165, 1.54) is 43.2 Å². The highest BCUT2D eigenvalue weighted by Gasteiger charge is 2.30. The topological polar surface area (TPSA) is 63.3 Å². The van der Waals surface area contributed by atoms with E-state index in [-0.39, 0.29) is 5.92 Å². The summed E-state index contributed by atoms with van der Waals surface area (Å²) in [6.45, 7) is 0. The number of nitrogens with two attached hydrogens (primary N) is 1. The highest BCUT2D eigenvalue weighted by Crippen LogP contribution is 2.41. The number of hydrogen-bond donors (Lipinski definition) is 2. The van der Waals surface area contributed by atoms with Gasteiger partial charge in [-0.25, -0.2) is 0 Å². The molecule has 3 heteroatoms. The maximum Gasteiger partial charge on any atom is 0.310 e. The number of fused-ring (bicyclic) bond motifs is 1. The zero-order valence-corrected chi connectivity index (χ0v) is 11.2. The van der Waals surface area contributed by atoms with Crippen molar-refractivity contribution in [3.63, 3.8) is 0 Å². The zero-order chi connectivity index (χ0) is 13.4. The smallest absolute Gasteiger partial charge is 0.310 e. The number of anilines is 1. The van der Waals surface area contributed by atoms with Crippen LogP contribution in [0, 0.1) is 0 Å². The average Bonchev–Trinajstić information content (AvgIpc) is 2.81. The van der Waals surface area contributed by atoms with Crippen LogP contribution in [-0.2, 0) is 11.2 Å². The number of aliphatic carboxylic acids is 1. The van der Waals surface area contributed by atoms with E-state index in [4.69, 9.17) is 5.73 Å². The third-order valence-corrected chi connectivity index (χ3v) is 4.77. The molecule has 0 heterocycles. The van der Waals surface area contributed by atoms with E-state index in [0.717, 1.165) is 24.1 Å². The lowest BCUT2D eigenvalue weighted by molar-refractivity contribution is -0.138. The Kier molecular flexibility index (Phi) is 3.21. The Labute approximate surface area is 113 Å². The van der Waals surface area contributed by atoms with Gasteiger partial charge < -0.3 is 10.8 Å². The van der Waals surface area contributed by atoms with E-state index in [1.54, 1.807) is 0 Å². The predicted octanol–water partition coefficient (Wildman–Crippen LogP) is 3.43. The third-order valence-electron chi connectivity index (χ3n) is 4.77. The number of carboxylic acids is 1. The minimum atomic E-state index is -0.719. The highest BCUT2D eigenvalue weighted by molar-refractivity contribution is 5.79. The second-order valence-electron chi connectivity index (χ2n) is 5.94. The lowest BCUT2D eigenvalue weighted by atomic mass is 9.82. The molecular weight excluding hydrogens is 238 g/mol. The van der Waals surface area contributed by atoms with Crippen molar-refractivity contribution in [2.45, 2.75) is 56.8 Å². The lowest BCUT2D eigenvalue weighted by Gasteiger charge is -2.24. The molecule has 1 aromatic rings. The summed E-state index contributed by atoms with van der Waals surface area (Å²) < 4.78 is 0. The number of nitrogen functional groups attached to an aromatic ring is 1. The number of aryl methyl sites for hydroxylation is 1. The first-order chi connectivity index (χ1) is 9.16. The summed E-state index contributed by atoms with van der Waals surface area (Å²) >= 11 is 0. The van der Waals surface area contributed by atoms with Crippen LogP contribution < -0.4 is 5.73 Å². The van der Waals surface area contributed by atoms with E-state index in [9.17, 15) is 9.90 Å². The first-order valence-corrected chi connectivity index (χ1v) is 7.32. The zero-order valence-electron chi connectivity index (χ0n) is 11.2. The predicted molar refractivity (Wildman–Crippen MR) is 75.4 cm³/mol. The molecule has 1 saturated carbocycles. The average molecular weight is 259 g/mol. The van der Waals surface area contributed by atoms with Gasteiger partial charge in [-0.2, -0.15) is 0 Å². The molecule has 1 atom stereocenters. The number of benzene rings is 1. The molecule has 0 bridgehead atoms. The summed E-state index contributed by atoms with van der Waals surface area (Å²) in [6.07, 6.45) is 7.97. The van der Waals surface area contributed by atoms with Gasteiger partial charge in [-0.3, -0.25) is 4.79 Å². The molecule has 0 saturated heterocycles. The van der Waals surface area contributed by atoms with Crippen LogP contribution in [0.2, 0.25) is 0 Å². The summed E-state index contributed by atoms with van der Waals surface area (Å²) in [5.41, 5.74) is 10.4. The fraction of sp³-hybridized carbons (Fsp3) is 0.562. The van der Waals surface area contributed by atoms with Crippen molar-refractivity contribution in [2.75, 3.05) is 5.73 Å². The van der Waals surface area contributed by atoms with Crippen LogP contribution in [0.4, 0.5) is 5.69 Å². The fourth-order valence-electron chi connectivity index (χ4n) is 3.72. The molecule has 19 heavy (non-hydrogen) atoms. The van der Waals surface area contributed by atoms with Crippen LogP contribution in [0.15, 0.2) is 12.1 Å². The van der Waals surface area contributed by atoms with Crippen LogP contribution in [0.3, 0.4) is 0 Å². The van der Waals surface area contributed by atoms with Crippen molar-refractivity contribution in [1.82, 2.24) is 0 Å². The molecule has 0 unspecified atom stereocenters. The molecule has 1 aromatic carbocycles. The van der Waals surface area contributed by atoms with Gasteiger partial charge in [-0.15, -0.1) is 0 Å². The molecule has 3 N–H and O–H groups in total. The molecule has 3 rings (SSSR count). The van der Waals surface area contributed by atoms with E-state index in [2.05, 4.69) is 6.07 Å². The van der Waals surface area contributed by atoms with Gasteiger partial charge in [0.15, 0.2) is 0 Å². The van der Waals surface area contributed by atoms with Crippen LogP contribution in [-0.4, -0.2) is 11.1 Å². The molecule has 102 valence electrons. The van der Waals surface area contributed by atoms with Crippen molar-refractivity contribution in [3.8, 4) is 0 Å². The van der Waals surface area contributed by atoms with Gasteiger partial charge in [0.2, 0.25) is 0 Å². The molecule has 1 fully saturated rings. The van der Waals surface area contributed by atoms with Crippen molar-refractivity contribution >= 4 is 11.7 Å². The summed E-state index contributed by atoms with van der Waals surface area (Å²) in [6, 6.07) is 4.13. The number of hydrogen-bond acceptors (Lipinski definition) is 2. The van der Waals surface area contributed by atoms with Crippen molar-refractivity contribution in [3.05, 3.63) is 28.8 Å². The quantitative estimate of drug-likeness (QED) is 0.800. The van der Waals surface area contributed by atoms with Gasteiger partial charge >= 0.3 is 5.97 Å². The van der Waals surface area contributed by atoms with Crippen LogP contribution >= 0.6 is 0 Å². The van der Waals surface area contributed by atoms with Gasteiger partial charge in [0.1, 0.15) is 0 Å². The van der Waals surface area contributed by atoms with E-state index in [1.807, 2.05) is 6.07 Å². The SMILES string of the molecule is Nc1cc2c(cc1C1CCCCC1)CC[C@H]2C(=O)O. The van der Waals surface area contributed by atoms with Crippen molar-refractivity contribution in [1.29, 1.82) is 0 Å². The Bertz CT molecular complexity index is 504. The minimum absolute atomic E-state index is 0.349. The van der Waals surface area contributed by atoms with Gasteiger partial charge in [0.25, 0.3) is 0 Å². The molecule has 0 aliphatic heterocycles. The summed E-state index contributed by atoms with van der Waals surface area (Å²) in [4.78, 5) is 11.2. The second-order valence-corrected chi connectivity index (χ2v) is 5.94. The molecular formula is C16H21NO2. The van der Waals surface area contributed by atoms with Gasteiger partial charge in [0.05, 0.1) is 5.92 Å². The van der Waals surface area contributed by atoms with Crippen molar-refractivity contribution in [2.24, 2.45) is 0 Å². The number of carbonyl (C=O) groups is 1. The lowest BCUT2D eigenvalue weighted by Crippen LogP contribution is -2.11. The first kappa shape index (κ1) is 12.5. The molecule has 0 radical (unpaired) electrons. The summed E-state index contributed by atoms with van der Waals surface area (Å²) in [5, 5.41) is 9.23. The van der Waals surface area contributed by atoms with Gasteiger partial charge in [-0.1, -0.05) is 25.3 Å². The van der Waals surface area contributed by atoms with E-state index >= 15 is 0 Å². The summed E-state index contributed by atoms with van der Waals surface area (Å²) in [7, 11) is 0. The highest BCUT2D eigenvalue weighted by atomic mass is 16.4.